The quantitative estimate of drug-likeness (QED) is 0.896. The molecule has 0 aliphatic rings. The van der Waals surface area contributed by atoms with Crippen LogP contribution in [0.15, 0.2) is 36.7 Å². The van der Waals surface area contributed by atoms with Crippen LogP contribution >= 0.6 is 0 Å². The summed E-state index contributed by atoms with van der Waals surface area (Å²) in [7, 11) is 0. The summed E-state index contributed by atoms with van der Waals surface area (Å²) < 4.78 is 0. The molecule has 20 heavy (non-hydrogen) atoms. The van der Waals surface area contributed by atoms with E-state index in [9.17, 15) is 4.79 Å². The first-order valence-corrected chi connectivity index (χ1v) is 6.51. The highest BCUT2D eigenvalue weighted by Crippen LogP contribution is 2.11. The van der Waals surface area contributed by atoms with E-state index in [0.29, 0.717) is 11.5 Å². The lowest BCUT2D eigenvalue weighted by Gasteiger charge is -2.08. The van der Waals surface area contributed by atoms with Gasteiger partial charge >= 0.3 is 0 Å². The Balaban J connectivity index is 2.06. The lowest BCUT2D eigenvalue weighted by Crippen LogP contribution is -2.15. The number of carbonyl (C=O) groups excluding carboxylic acids is 1. The zero-order valence-corrected chi connectivity index (χ0v) is 11.8. The van der Waals surface area contributed by atoms with Gasteiger partial charge in [-0.1, -0.05) is 12.1 Å². The molecule has 0 radical (unpaired) electrons. The first-order chi connectivity index (χ1) is 9.54. The van der Waals surface area contributed by atoms with Crippen LogP contribution in [0, 0.1) is 6.92 Å². The molecule has 0 saturated heterocycles. The minimum Gasteiger partial charge on any atom is -0.352 e. The standard InChI is InChI=1S/C15H18N4O/c1-10(2)18-15-16-8-12(9-17-15)14(20)19-13-6-4-5-11(3)7-13/h4-10H,1-3H3,(H,19,20)(H,16,17,18). The Morgan fingerprint density at radius 2 is 1.90 bits per heavy atom. The number of carbonyl (C=O) groups is 1. The minimum absolute atomic E-state index is 0.216. The Kier molecular flexibility index (Phi) is 4.30. The summed E-state index contributed by atoms with van der Waals surface area (Å²) in [6.45, 7) is 5.98. The van der Waals surface area contributed by atoms with Gasteiger partial charge in [0.05, 0.1) is 5.56 Å². The van der Waals surface area contributed by atoms with Crippen LogP contribution in [0.3, 0.4) is 0 Å². The lowest BCUT2D eigenvalue weighted by atomic mass is 10.2. The molecule has 1 aromatic heterocycles. The number of anilines is 2. The second-order valence-electron chi connectivity index (χ2n) is 4.92. The summed E-state index contributed by atoms with van der Waals surface area (Å²) in [5, 5.41) is 5.89. The summed E-state index contributed by atoms with van der Waals surface area (Å²) in [6.07, 6.45) is 3.03. The van der Waals surface area contributed by atoms with Crippen molar-refractivity contribution in [1.29, 1.82) is 0 Å². The monoisotopic (exact) mass is 270 g/mol. The van der Waals surface area contributed by atoms with Crippen molar-refractivity contribution in [1.82, 2.24) is 9.97 Å². The normalized spacial score (nSPS) is 10.4. The molecule has 0 aliphatic heterocycles. The van der Waals surface area contributed by atoms with E-state index in [1.54, 1.807) is 0 Å². The van der Waals surface area contributed by atoms with Crippen molar-refractivity contribution in [2.45, 2.75) is 26.8 Å². The highest BCUT2D eigenvalue weighted by Gasteiger charge is 2.08. The summed E-state index contributed by atoms with van der Waals surface area (Å²) in [4.78, 5) is 20.3. The third-order valence-corrected chi connectivity index (χ3v) is 2.61. The fourth-order valence-electron chi connectivity index (χ4n) is 1.70. The molecule has 0 spiro atoms. The maximum atomic E-state index is 12.0. The number of rotatable bonds is 4. The van der Waals surface area contributed by atoms with Crippen molar-refractivity contribution in [2.24, 2.45) is 0 Å². The molecule has 2 aromatic rings. The Bertz CT molecular complexity index is 593. The molecule has 1 amide bonds. The first-order valence-electron chi connectivity index (χ1n) is 6.51. The molecule has 0 aliphatic carbocycles. The van der Waals surface area contributed by atoms with Gasteiger partial charge in [0.1, 0.15) is 0 Å². The minimum atomic E-state index is -0.216. The van der Waals surface area contributed by atoms with E-state index in [1.807, 2.05) is 45.0 Å². The van der Waals surface area contributed by atoms with Crippen LogP contribution in [0.5, 0.6) is 0 Å². The van der Waals surface area contributed by atoms with Crippen LogP contribution in [-0.2, 0) is 0 Å². The van der Waals surface area contributed by atoms with Crippen molar-refractivity contribution in [2.75, 3.05) is 10.6 Å². The van der Waals surface area contributed by atoms with Gasteiger partial charge in [-0.25, -0.2) is 9.97 Å². The molecule has 104 valence electrons. The molecule has 0 saturated carbocycles. The van der Waals surface area contributed by atoms with E-state index >= 15 is 0 Å². The SMILES string of the molecule is Cc1cccc(NC(=O)c2cnc(NC(C)C)nc2)c1. The van der Waals surface area contributed by atoms with Gasteiger partial charge in [-0.3, -0.25) is 4.79 Å². The molecule has 0 atom stereocenters. The molecule has 1 heterocycles. The number of aryl methyl sites for hydroxylation is 1. The van der Waals surface area contributed by atoms with Gasteiger partial charge in [-0.15, -0.1) is 0 Å². The zero-order chi connectivity index (χ0) is 14.5. The second-order valence-corrected chi connectivity index (χ2v) is 4.92. The van der Waals surface area contributed by atoms with E-state index < -0.39 is 0 Å². The fraction of sp³-hybridized carbons (Fsp3) is 0.267. The van der Waals surface area contributed by atoms with Crippen LogP contribution in [-0.4, -0.2) is 21.9 Å². The maximum Gasteiger partial charge on any atom is 0.258 e. The van der Waals surface area contributed by atoms with Gasteiger partial charge in [0, 0.05) is 24.1 Å². The molecule has 0 bridgehead atoms. The molecular weight excluding hydrogens is 252 g/mol. The third-order valence-electron chi connectivity index (χ3n) is 2.61. The smallest absolute Gasteiger partial charge is 0.258 e. The number of nitrogens with one attached hydrogen (secondary N) is 2. The number of amides is 1. The summed E-state index contributed by atoms with van der Waals surface area (Å²) in [6, 6.07) is 7.89. The molecule has 0 unspecified atom stereocenters. The van der Waals surface area contributed by atoms with Crippen molar-refractivity contribution < 1.29 is 4.79 Å². The topological polar surface area (TPSA) is 66.9 Å². The summed E-state index contributed by atoms with van der Waals surface area (Å²) >= 11 is 0. The van der Waals surface area contributed by atoms with E-state index in [2.05, 4.69) is 20.6 Å². The molecule has 1 aromatic carbocycles. The number of hydrogen-bond acceptors (Lipinski definition) is 4. The molecular formula is C15H18N4O. The second kappa shape index (κ2) is 6.14. The van der Waals surface area contributed by atoms with Crippen molar-refractivity contribution in [3.05, 3.63) is 47.8 Å². The van der Waals surface area contributed by atoms with Crippen LogP contribution in [0.1, 0.15) is 29.8 Å². The Morgan fingerprint density at radius 3 is 2.50 bits per heavy atom. The maximum absolute atomic E-state index is 12.0. The highest BCUT2D eigenvalue weighted by atomic mass is 16.1. The van der Waals surface area contributed by atoms with Gasteiger partial charge in [0.2, 0.25) is 5.95 Å². The predicted octanol–water partition coefficient (Wildman–Crippen LogP) is 2.86. The number of benzene rings is 1. The van der Waals surface area contributed by atoms with Crippen LogP contribution in [0.2, 0.25) is 0 Å². The van der Waals surface area contributed by atoms with Gasteiger partial charge in [0.25, 0.3) is 5.91 Å². The van der Waals surface area contributed by atoms with Crippen LogP contribution in [0.4, 0.5) is 11.6 Å². The number of aromatic nitrogens is 2. The molecule has 5 nitrogen and oxygen atoms in total. The van der Waals surface area contributed by atoms with Gasteiger partial charge in [-0.05, 0) is 38.5 Å². The third kappa shape index (κ3) is 3.78. The highest BCUT2D eigenvalue weighted by molar-refractivity contribution is 6.03. The molecule has 5 heteroatoms. The summed E-state index contributed by atoms with van der Waals surface area (Å²) in [5.74, 6) is 0.304. The Hall–Kier alpha value is -2.43. The fourth-order valence-corrected chi connectivity index (χ4v) is 1.70. The number of hydrogen-bond donors (Lipinski definition) is 2. The Morgan fingerprint density at radius 1 is 1.20 bits per heavy atom. The number of nitrogens with zero attached hydrogens (tertiary/aromatic N) is 2. The Labute approximate surface area is 118 Å². The van der Waals surface area contributed by atoms with Gasteiger partial charge < -0.3 is 10.6 Å². The lowest BCUT2D eigenvalue weighted by molar-refractivity contribution is 0.102. The molecule has 2 N–H and O–H groups in total. The largest absolute Gasteiger partial charge is 0.352 e. The predicted molar refractivity (Wildman–Crippen MR) is 79.9 cm³/mol. The van der Waals surface area contributed by atoms with Crippen molar-refractivity contribution in [3.63, 3.8) is 0 Å². The first kappa shape index (κ1) is 14.0. The van der Waals surface area contributed by atoms with Gasteiger partial charge in [-0.2, -0.15) is 0 Å². The van der Waals surface area contributed by atoms with Crippen molar-refractivity contribution in [3.8, 4) is 0 Å². The van der Waals surface area contributed by atoms with Gasteiger partial charge in [0.15, 0.2) is 0 Å². The van der Waals surface area contributed by atoms with Crippen LogP contribution in [0.25, 0.3) is 0 Å². The van der Waals surface area contributed by atoms with E-state index in [-0.39, 0.29) is 11.9 Å². The molecule has 2 rings (SSSR count). The molecule has 0 fully saturated rings. The average Bonchev–Trinajstić information content (AvgIpc) is 2.38. The van der Waals surface area contributed by atoms with Crippen LogP contribution < -0.4 is 10.6 Å². The average molecular weight is 270 g/mol. The van der Waals surface area contributed by atoms with Crippen molar-refractivity contribution >= 4 is 17.5 Å². The van der Waals surface area contributed by atoms with E-state index in [4.69, 9.17) is 0 Å². The summed E-state index contributed by atoms with van der Waals surface area (Å²) in [5.41, 5.74) is 2.29. The van der Waals surface area contributed by atoms with E-state index in [1.165, 1.54) is 12.4 Å². The zero-order valence-electron chi connectivity index (χ0n) is 11.8. The van der Waals surface area contributed by atoms with E-state index in [0.717, 1.165) is 11.3 Å².